The van der Waals surface area contributed by atoms with Gasteiger partial charge in [-0.2, -0.15) is 0 Å². The molecule has 0 atom stereocenters. The van der Waals surface area contributed by atoms with Crippen molar-refractivity contribution in [1.29, 1.82) is 0 Å². The highest BCUT2D eigenvalue weighted by molar-refractivity contribution is 5.81. The minimum Gasteiger partial charge on any atom is -0.429 e. The number of esters is 1. The Labute approximate surface area is 77.0 Å². The van der Waals surface area contributed by atoms with Crippen LogP contribution in [0.25, 0.3) is 0 Å². The van der Waals surface area contributed by atoms with E-state index in [1.54, 1.807) is 0 Å². The van der Waals surface area contributed by atoms with Crippen molar-refractivity contribution in [3.8, 4) is 0 Å². The molecule has 0 saturated heterocycles. The number of amides is 2. The molecule has 5 heteroatoms. The van der Waals surface area contributed by atoms with Gasteiger partial charge in [0.05, 0.1) is 0 Å². The van der Waals surface area contributed by atoms with E-state index in [0.29, 0.717) is 12.2 Å². The van der Waals surface area contributed by atoms with E-state index in [1.807, 2.05) is 6.92 Å². The van der Waals surface area contributed by atoms with Crippen LogP contribution in [0.1, 0.15) is 13.3 Å². The lowest BCUT2D eigenvalue weighted by Crippen LogP contribution is -2.18. The topological polar surface area (TPSA) is 95.4 Å². The summed E-state index contributed by atoms with van der Waals surface area (Å²) in [4.78, 5) is 19.4. The van der Waals surface area contributed by atoms with Gasteiger partial charge >= 0.3 is 12.0 Å². The van der Waals surface area contributed by atoms with Crippen LogP contribution in [0.3, 0.4) is 0 Å². The predicted molar refractivity (Wildman–Crippen MR) is 49.5 cm³/mol. The number of ether oxygens (including phenoxy) is 1. The van der Waals surface area contributed by atoms with Crippen molar-refractivity contribution >= 4 is 12.0 Å². The highest BCUT2D eigenvalue weighted by atomic mass is 16.5. The molecule has 0 heterocycles. The average molecular weight is 186 g/mol. The third-order valence-corrected chi connectivity index (χ3v) is 0.806. The number of hydrogen-bond donors (Lipinski definition) is 2. The van der Waals surface area contributed by atoms with Crippen LogP contribution in [-0.4, -0.2) is 12.0 Å². The Morgan fingerprint density at radius 1 is 1.46 bits per heavy atom. The summed E-state index contributed by atoms with van der Waals surface area (Å²) in [6.07, 6.45) is 1.76. The fraction of sp³-hybridized carbons (Fsp3) is 0.250. The number of nitrogens with two attached hydrogens (primary N) is 2. The molecule has 0 spiro atoms. The summed E-state index contributed by atoms with van der Waals surface area (Å²) in [5.74, 6) is 0.0294. The molecule has 0 unspecified atom stereocenters. The van der Waals surface area contributed by atoms with Gasteiger partial charge in [0, 0.05) is 12.5 Å². The molecule has 4 N–H and O–H groups in total. The van der Waals surface area contributed by atoms with E-state index in [1.165, 1.54) is 0 Å². The van der Waals surface area contributed by atoms with Crippen LogP contribution in [-0.2, 0) is 9.53 Å². The molecule has 0 aromatic carbocycles. The molecule has 0 bridgehead atoms. The van der Waals surface area contributed by atoms with Crippen molar-refractivity contribution in [1.82, 2.24) is 0 Å². The molecule has 0 fully saturated rings. The number of primary amides is 2. The van der Waals surface area contributed by atoms with Crippen LogP contribution in [0.15, 0.2) is 25.0 Å². The second-order valence-corrected chi connectivity index (χ2v) is 1.92. The first-order valence-corrected chi connectivity index (χ1v) is 3.50. The number of carbonyl (C=O) groups is 2. The fourth-order valence-corrected chi connectivity index (χ4v) is 0.256. The van der Waals surface area contributed by atoms with Crippen LogP contribution in [0.4, 0.5) is 4.79 Å². The number of rotatable bonds is 3. The third kappa shape index (κ3) is 17.8. The van der Waals surface area contributed by atoms with E-state index in [-0.39, 0.29) is 0 Å². The van der Waals surface area contributed by atoms with Crippen molar-refractivity contribution in [2.24, 2.45) is 11.5 Å². The Hall–Kier alpha value is -1.78. The minimum absolute atomic E-state index is 0.443. The molecule has 2 amide bonds. The Bertz CT molecular complexity index is 207. The van der Waals surface area contributed by atoms with E-state index < -0.39 is 12.0 Å². The Morgan fingerprint density at radius 2 is 1.85 bits per heavy atom. The average Bonchev–Trinajstić information content (AvgIpc) is 2.03. The summed E-state index contributed by atoms with van der Waals surface area (Å²) < 4.78 is 4.60. The van der Waals surface area contributed by atoms with Crippen molar-refractivity contribution in [3.63, 3.8) is 0 Å². The zero-order valence-electron chi connectivity index (χ0n) is 7.58. The van der Waals surface area contributed by atoms with E-state index >= 15 is 0 Å². The molecule has 0 radical (unpaired) electrons. The Morgan fingerprint density at radius 3 is 2.08 bits per heavy atom. The van der Waals surface area contributed by atoms with Gasteiger partial charge in [0.25, 0.3) is 0 Å². The molecule has 0 aromatic heterocycles. The summed E-state index contributed by atoms with van der Waals surface area (Å²) in [5, 5.41) is 0. The zero-order valence-corrected chi connectivity index (χ0v) is 7.58. The molecular weight excluding hydrogens is 172 g/mol. The maximum absolute atomic E-state index is 10.4. The molecule has 74 valence electrons. The van der Waals surface area contributed by atoms with Gasteiger partial charge in [-0.05, 0) is 0 Å². The minimum atomic E-state index is -0.833. The van der Waals surface area contributed by atoms with Gasteiger partial charge in [-0.1, -0.05) is 20.1 Å². The van der Waals surface area contributed by atoms with E-state index in [4.69, 9.17) is 4.79 Å². The quantitative estimate of drug-likeness (QED) is 0.385. The number of hydrogen-bond acceptors (Lipinski definition) is 3. The maximum atomic E-state index is 10.4. The molecule has 5 nitrogen and oxygen atoms in total. The Kier molecular flexibility index (Phi) is 8.82. The SMILES string of the molecule is C=CC(=O)OC(=C)CC.NC(N)=O. The molecular formula is C8H14N2O3. The van der Waals surface area contributed by atoms with Crippen LogP contribution < -0.4 is 11.5 Å². The monoisotopic (exact) mass is 186 g/mol. The first kappa shape index (κ1) is 13.8. The predicted octanol–water partition coefficient (Wildman–Crippen LogP) is 0.663. The first-order chi connectivity index (χ1) is 5.93. The second-order valence-electron chi connectivity index (χ2n) is 1.92. The van der Waals surface area contributed by atoms with Gasteiger partial charge in [-0.25, -0.2) is 9.59 Å². The lowest BCUT2D eigenvalue weighted by Gasteiger charge is -1.99. The van der Waals surface area contributed by atoms with Crippen LogP contribution in [0.5, 0.6) is 0 Å². The largest absolute Gasteiger partial charge is 0.429 e. The molecule has 0 aromatic rings. The number of carbonyl (C=O) groups excluding carboxylic acids is 2. The van der Waals surface area contributed by atoms with Crippen molar-refractivity contribution in [2.45, 2.75) is 13.3 Å². The Balaban J connectivity index is 0. The second kappa shape index (κ2) is 8.32. The summed E-state index contributed by atoms with van der Waals surface area (Å²) in [6.45, 7) is 8.56. The van der Waals surface area contributed by atoms with E-state index in [0.717, 1.165) is 6.08 Å². The number of urea groups is 1. The van der Waals surface area contributed by atoms with Gasteiger partial charge in [0.2, 0.25) is 0 Å². The smallest absolute Gasteiger partial charge is 0.335 e. The highest BCUT2D eigenvalue weighted by Gasteiger charge is 1.95. The molecule has 0 aliphatic carbocycles. The summed E-state index contributed by atoms with van der Waals surface area (Å²) >= 11 is 0. The fourth-order valence-electron chi connectivity index (χ4n) is 0.256. The summed E-state index contributed by atoms with van der Waals surface area (Å²) in [7, 11) is 0. The molecule has 0 rings (SSSR count). The highest BCUT2D eigenvalue weighted by Crippen LogP contribution is 1.98. The van der Waals surface area contributed by atoms with E-state index in [2.05, 4.69) is 29.4 Å². The van der Waals surface area contributed by atoms with Gasteiger partial charge in [-0.15, -0.1) is 0 Å². The summed E-state index contributed by atoms with van der Waals surface area (Å²) in [5.41, 5.74) is 8.50. The lowest BCUT2D eigenvalue weighted by atomic mass is 10.4. The molecule has 0 aliphatic heterocycles. The van der Waals surface area contributed by atoms with Gasteiger partial charge in [-0.3, -0.25) is 0 Å². The molecule has 13 heavy (non-hydrogen) atoms. The molecule has 0 aliphatic rings. The van der Waals surface area contributed by atoms with Crippen LogP contribution in [0.2, 0.25) is 0 Å². The summed E-state index contributed by atoms with van der Waals surface area (Å²) in [6, 6.07) is -0.833. The van der Waals surface area contributed by atoms with Crippen LogP contribution in [0, 0.1) is 0 Å². The standard InChI is InChI=1S/C7H10O2.CH4N2O/c1-4-6(3)9-7(8)5-2;2-1(3)4/h5H,2-4H2,1H3;(H4,2,3,4). The van der Waals surface area contributed by atoms with Crippen LogP contribution >= 0.6 is 0 Å². The number of allylic oxidation sites excluding steroid dienone is 1. The van der Waals surface area contributed by atoms with Gasteiger partial charge in [0.15, 0.2) is 0 Å². The first-order valence-electron chi connectivity index (χ1n) is 3.50. The van der Waals surface area contributed by atoms with Crippen molar-refractivity contribution in [3.05, 3.63) is 25.0 Å². The third-order valence-electron chi connectivity index (χ3n) is 0.806. The zero-order chi connectivity index (χ0) is 10.9. The van der Waals surface area contributed by atoms with Gasteiger partial charge in [0.1, 0.15) is 5.76 Å². The molecule has 0 saturated carbocycles. The normalized spacial score (nSPS) is 7.46. The lowest BCUT2D eigenvalue weighted by molar-refractivity contribution is -0.133. The van der Waals surface area contributed by atoms with Crippen molar-refractivity contribution < 1.29 is 14.3 Å². The van der Waals surface area contributed by atoms with E-state index in [9.17, 15) is 4.79 Å². The van der Waals surface area contributed by atoms with Crippen molar-refractivity contribution in [2.75, 3.05) is 0 Å². The maximum Gasteiger partial charge on any atom is 0.335 e. The van der Waals surface area contributed by atoms with Gasteiger partial charge < -0.3 is 16.2 Å².